The van der Waals surface area contributed by atoms with E-state index in [0.29, 0.717) is 25.2 Å². The van der Waals surface area contributed by atoms with Crippen molar-refractivity contribution in [2.45, 2.75) is 52.4 Å². The summed E-state index contributed by atoms with van der Waals surface area (Å²) in [5.74, 6) is 0.748. The van der Waals surface area contributed by atoms with E-state index in [0.717, 1.165) is 34.8 Å². The average molecular weight is 327 g/mol. The highest BCUT2D eigenvalue weighted by Crippen LogP contribution is 2.31. The molecule has 4 heterocycles. The van der Waals surface area contributed by atoms with Gasteiger partial charge in [0.25, 0.3) is 5.91 Å². The Morgan fingerprint density at radius 1 is 1.42 bits per heavy atom. The highest BCUT2D eigenvalue weighted by atomic mass is 16.5. The van der Waals surface area contributed by atoms with Gasteiger partial charge in [-0.25, -0.2) is 9.97 Å². The molecule has 2 aliphatic heterocycles. The van der Waals surface area contributed by atoms with Crippen LogP contribution in [-0.4, -0.2) is 43.6 Å². The van der Waals surface area contributed by atoms with E-state index in [1.165, 1.54) is 0 Å². The smallest absolute Gasteiger partial charge is 0.274 e. The fourth-order valence-electron chi connectivity index (χ4n) is 3.59. The molecule has 0 bridgehead atoms. The summed E-state index contributed by atoms with van der Waals surface area (Å²) in [6.45, 7) is 7.09. The first kappa shape index (κ1) is 15.3. The lowest BCUT2D eigenvalue weighted by atomic mass is 9.98. The van der Waals surface area contributed by atoms with Gasteiger partial charge in [0.1, 0.15) is 5.82 Å². The van der Waals surface area contributed by atoms with Gasteiger partial charge >= 0.3 is 0 Å². The van der Waals surface area contributed by atoms with E-state index in [1.807, 2.05) is 31.9 Å². The number of rotatable bonds is 1. The maximum atomic E-state index is 13.0. The normalized spacial score (nSPS) is 22.9. The number of carbonyl (C=O) groups is 1. The second-order valence-corrected chi connectivity index (χ2v) is 6.62. The number of aromatic nitrogens is 4. The van der Waals surface area contributed by atoms with Crippen molar-refractivity contribution in [1.82, 2.24) is 25.1 Å². The molecule has 2 atom stereocenters. The second kappa shape index (κ2) is 5.66. The Kier molecular flexibility index (Phi) is 3.60. The summed E-state index contributed by atoms with van der Waals surface area (Å²) in [5, 5.41) is 7.30. The molecule has 2 aromatic rings. The zero-order valence-corrected chi connectivity index (χ0v) is 14.2. The van der Waals surface area contributed by atoms with Crippen LogP contribution in [0.1, 0.15) is 58.8 Å². The molecular formula is C17H21N5O2. The van der Waals surface area contributed by atoms with E-state index in [2.05, 4.69) is 20.2 Å². The van der Waals surface area contributed by atoms with Gasteiger partial charge in [0.2, 0.25) is 0 Å². The number of aryl methyl sites for hydroxylation is 1. The summed E-state index contributed by atoms with van der Waals surface area (Å²) >= 11 is 0. The van der Waals surface area contributed by atoms with Crippen LogP contribution in [0.15, 0.2) is 6.20 Å². The van der Waals surface area contributed by atoms with Crippen LogP contribution in [0.5, 0.6) is 0 Å². The van der Waals surface area contributed by atoms with Gasteiger partial charge in [0.05, 0.1) is 23.6 Å². The highest BCUT2D eigenvalue weighted by Gasteiger charge is 2.32. The number of hydrogen-bond donors (Lipinski definition) is 1. The van der Waals surface area contributed by atoms with Gasteiger partial charge in [-0.05, 0) is 20.8 Å². The number of fused-ring (bicyclic) bond motifs is 2. The van der Waals surface area contributed by atoms with Crippen LogP contribution in [0.25, 0.3) is 0 Å². The van der Waals surface area contributed by atoms with Crippen molar-refractivity contribution in [3.63, 3.8) is 0 Å². The molecule has 2 aromatic heterocycles. The molecule has 0 radical (unpaired) electrons. The van der Waals surface area contributed by atoms with E-state index >= 15 is 0 Å². The Morgan fingerprint density at radius 3 is 3.08 bits per heavy atom. The monoisotopic (exact) mass is 327 g/mol. The second-order valence-electron chi connectivity index (χ2n) is 6.62. The third kappa shape index (κ3) is 2.49. The van der Waals surface area contributed by atoms with Gasteiger partial charge in [-0.15, -0.1) is 0 Å². The van der Waals surface area contributed by atoms with E-state index in [9.17, 15) is 4.79 Å². The fraction of sp³-hybridized carbons (Fsp3) is 0.529. The molecule has 7 heteroatoms. The third-order valence-electron chi connectivity index (χ3n) is 4.78. The van der Waals surface area contributed by atoms with Gasteiger partial charge in [-0.2, -0.15) is 5.10 Å². The van der Waals surface area contributed by atoms with Crippen LogP contribution in [0.3, 0.4) is 0 Å². The molecule has 1 N–H and O–H groups in total. The Morgan fingerprint density at radius 2 is 2.25 bits per heavy atom. The number of nitrogens with one attached hydrogen (secondary N) is 1. The zero-order valence-electron chi connectivity index (χ0n) is 14.2. The minimum atomic E-state index is -0.0590. The van der Waals surface area contributed by atoms with E-state index in [4.69, 9.17) is 4.74 Å². The standard InChI is InChI=1S/C17H21N5O2/c1-9-6-13-15(10(2)24-9)20-21-16(13)17(23)22-5-4-14-12(8-22)7-18-11(3)19-14/h7,9-10H,4-6,8H2,1-3H3,(H,20,21)/t9-,10+/m1/s1. The Hall–Kier alpha value is -2.28. The van der Waals surface area contributed by atoms with Gasteiger partial charge in [-0.1, -0.05) is 0 Å². The van der Waals surface area contributed by atoms with Crippen molar-refractivity contribution >= 4 is 5.91 Å². The number of aromatic amines is 1. The maximum absolute atomic E-state index is 13.0. The molecule has 0 aromatic carbocycles. The summed E-state index contributed by atoms with van der Waals surface area (Å²) < 4.78 is 5.80. The molecule has 24 heavy (non-hydrogen) atoms. The lowest BCUT2D eigenvalue weighted by Gasteiger charge is -2.29. The number of hydrogen-bond acceptors (Lipinski definition) is 5. The van der Waals surface area contributed by atoms with Gasteiger partial charge in [0.15, 0.2) is 5.69 Å². The summed E-state index contributed by atoms with van der Waals surface area (Å²) in [6, 6.07) is 0. The molecule has 4 rings (SSSR count). The first-order valence-corrected chi connectivity index (χ1v) is 8.36. The van der Waals surface area contributed by atoms with Crippen LogP contribution in [-0.2, 0) is 24.1 Å². The van der Waals surface area contributed by atoms with E-state index in [1.54, 1.807) is 0 Å². The summed E-state index contributed by atoms with van der Waals surface area (Å²) in [6.07, 6.45) is 3.33. The molecule has 1 amide bonds. The molecule has 0 saturated carbocycles. The Bertz CT molecular complexity index is 800. The quantitative estimate of drug-likeness (QED) is 0.862. The van der Waals surface area contributed by atoms with Gasteiger partial charge in [0, 0.05) is 43.3 Å². The van der Waals surface area contributed by atoms with E-state index in [-0.39, 0.29) is 18.1 Å². The molecule has 2 aliphatic rings. The number of amides is 1. The van der Waals surface area contributed by atoms with Crippen molar-refractivity contribution < 1.29 is 9.53 Å². The highest BCUT2D eigenvalue weighted by molar-refractivity contribution is 5.94. The minimum Gasteiger partial charge on any atom is -0.369 e. The van der Waals surface area contributed by atoms with Crippen LogP contribution in [0, 0.1) is 6.92 Å². The largest absolute Gasteiger partial charge is 0.369 e. The van der Waals surface area contributed by atoms with Crippen molar-refractivity contribution in [2.24, 2.45) is 0 Å². The number of ether oxygens (including phenoxy) is 1. The summed E-state index contributed by atoms with van der Waals surface area (Å²) in [5.41, 5.74) is 4.52. The van der Waals surface area contributed by atoms with Crippen LogP contribution < -0.4 is 0 Å². The van der Waals surface area contributed by atoms with Crippen LogP contribution in [0.2, 0.25) is 0 Å². The number of carbonyl (C=O) groups excluding carboxylic acids is 1. The third-order valence-corrected chi connectivity index (χ3v) is 4.78. The SMILES string of the molecule is Cc1ncc2c(n1)CCN(C(=O)c1n[nH]c3c1C[C@@H](C)O[C@H]3C)C2. The van der Waals surface area contributed by atoms with Crippen molar-refractivity contribution in [2.75, 3.05) is 6.54 Å². The molecule has 0 spiro atoms. The topological polar surface area (TPSA) is 84.0 Å². The van der Waals surface area contributed by atoms with Crippen LogP contribution in [0.4, 0.5) is 0 Å². The molecule has 0 aliphatic carbocycles. The first-order valence-electron chi connectivity index (χ1n) is 8.36. The lowest BCUT2D eigenvalue weighted by Crippen LogP contribution is -2.37. The predicted octanol–water partition coefficient (Wildman–Crippen LogP) is 1.73. The minimum absolute atomic E-state index is 0.0278. The van der Waals surface area contributed by atoms with Gasteiger partial charge < -0.3 is 9.64 Å². The molecule has 0 unspecified atom stereocenters. The summed E-state index contributed by atoms with van der Waals surface area (Å²) in [7, 11) is 0. The van der Waals surface area contributed by atoms with E-state index < -0.39 is 0 Å². The van der Waals surface area contributed by atoms with Gasteiger partial charge in [-0.3, -0.25) is 9.89 Å². The first-order chi connectivity index (χ1) is 11.5. The predicted molar refractivity (Wildman–Crippen MR) is 86.5 cm³/mol. The zero-order chi connectivity index (χ0) is 16.8. The summed E-state index contributed by atoms with van der Waals surface area (Å²) in [4.78, 5) is 23.5. The van der Waals surface area contributed by atoms with Crippen molar-refractivity contribution in [1.29, 1.82) is 0 Å². The molecule has 7 nitrogen and oxygen atoms in total. The molecule has 0 saturated heterocycles. The lowest BCUT2D eigenvalue weighted by molar-refractivity contribution is -0.00702. The fourth-order valence-corrected chi connectivity index (χ4v) is 3.59. The van der Waals surface area contributed by atoms with Crippen LogP contribution >= 0.6 is 0 Å². The average Bonchev–Trinajstić information content (AvgIpc) is 2.97. The molecular weight excluding hydrogens is 306 g/mol. The molecule has 0 fully saturated rings. The van der Waals surface area contributed by atoms with Crippen molar-refractivity contribution in [3.8, 4) is 0 Å². The number of nitrogens with zero attached hydrogens (tertiary/aromatic N) is 4. The number of H-pyrrole nitrogens is 1. The Balaban J connectivity index is 1.60. The molecule has 126 valence electrons. The van der Waals surface area contributed by atoms with Crippen molar-refractivity contribution in [3.05, 3.63) is 40.2 Å². The Labute approximate surface area is 140 Å². The maximum Gasteiger partial charge on any atom is 0.274 e.